The van der Waals surface area contributed by atoms with E-state index in [2.05, 4.69) is 52.0 Å². The van der Waals surface area contributed by atoms with Gasteiger partial charge in [-0.2, -0.15) is 0 Å². The minimum Gasteiger partial charge on any atom is -0.507 e. The van der Waals surface area contributed by atoms with Gasteiger partial charge in [0.1, 0.15) is 48.4 Å². The van der Waals surface area contributed by atoms with Gasteiger partial charge in [-0.3, -0.25) is 0 Å². The molecule has 6 aromatic carbocycles. The van der Waals surface area contributed by atoms with Crippen molar-refractivity contribution in [3.8, 4) is 91.3 Å². The van der Waals surface area contributed by atoms with E-state index in [1.807, 2.05) is 90.1 Å². The lowest BCUT2D eigenvalue weighted by Crippen LogP contribution is -2.24. The van der Waals surface area contributed by atoms with Crippen molar-refractivity contribution in [2.75, 3.05) is 40.1 Å². The highest BCUT2D eigenvalue weighted by Gasteiger charge is 2.20. The van der Waals surface area contributed by atoms with Crippen LogP contribution in [0.15, 0.2) is 109 Å². The van der Waals surface area contributed by atoms with Crippen LogP contribution in [0.3, 0.4) is 0 Å². The van der Waals surface area contributed by atoms with Crippen molar-refractivity contribution in [1.82, 2.24) is 29.9 Å². The molecule has 2 aromatic heterocycles. The van der Waals surface area contributed by atoms with Crippen molar-refractivity contribution in [3.63, 3.8) is 0 Å². The Labute approximate surface area is 446 Å². The van der Waals surface area contributed by atoms with Crippen LogP contribution in [-0.4, -0.2) is 103 Å². The van der Waals surface area contributed by atoms with Gasteiger partial charge in [0.15, 0.2) is 34.9 Å². The average Bonchev–Trinajstić information content (AvgIpc) is 3.38. The molecule has 14 heteroatoms. The lowest BCUT2D eigenvalue weighted by atomic mass is 10.0. The lowest BCUT2D eigenvalue weighted by molar-refractivity contribution is 0.00189. The number of hydrogen-bond acceptors (Lipinski definition) is 14. The van der Waals surface area contributed by atoms with Gasteiger partial charge in [0.2, 0.25) is 0 Å². The third-order valence-electron chi connectivity index (χ3n) is 12.8. The molecule has 0 bridgehead atoms. The van der Waals surface area contributed by atoms with Gasteiger partial charge in [-0.1, -0.05) is 115 Å². The Balaban J connectivity index is 0.000000222. The molecule has 8 aromatic rings. The summed E-state index contributed by atoms with van der Waals surface area (Å²) in [5.74, 6) is 4.12. The zero-order valence-electron chi connectivity index (χ0n) is 45.5. The fraction of sp³-hybridized carbons (Fsp3) is 0.323. The topological polar surface area (TPSA) is 195 Å². The largest absolute Gasteiger partial charge is 0.507 e. The smallest absolute Gasteiger partial charge is 0.167 e. The van der Waals surface area contributed by atoms with Gasteiger partial charge in [-0.25, -0.2) is 29.9 Å². The van der Waals surface area contributed by atoms with E-state index in [-0.39, 0.29) is 37.9 Å². The van der Waals surface area contributed by atoms with E-state index < -0.39 is 12.2 Å². The highest BCUT2D eigenvalue weighted by Crippen LogP contribution is 2.36. The Morgan fingerprint density at radius 2 is 0.697 bits per heavy atom. The standard InChI is InChI=1S/C33H39N3O4.C29H31N3O4/c1-7-20(2)17-39-18-25(37)19-40-26-10-13-29(30(38)16-26)33-35-31(27-11-8-21(3)14-23(27)5)34-32(36-33)28-12-9-22(4)15-24(28)6;1-17-6-9-23(19(3)12-17)27-30-28(24-10-7-18(2)13-20(24)4)32-29(31-27)25-11-8-22(14-26(25)34)36-16-21(33)15-35-5/h8-16,20,25,37-38H,7,17-19H2,1-6H3;6-14,21,33-34H,15-16H2,1-5H3. The summed E-state index contributed by atoms with van der Waals surface area (Å²) in [7, 11) is 1.51. The van der Waals surface area contributed by atoms with Crippen molar-refractivity contribution in [2.24, 2.45) is 5.92 Å². The van der Waals surface area contributed by atoms with Crippen LogP contribution >= 0.6 is 0 Å². The van der Waals surface area contributed by atoms with E-state index in [1.165, 1.54) is 19.2 Å². The molecule has 0 aliphatic heterocycles. The number of benzene rings is 6. The maximum Gasteiger partial charge on any atom is 0.167 e. The van der Waals surface area contributed by atoms with E-state index in [4.69, 9.17) is 48.9 Å². The van der Waals surface area contributed by atoms with Crippen LogP contribution in [0, 0.1) is 61.3 Å². The first-order valence-corrected chi connectivity index (χ1v) is 25.6. The van der Waals surface area contributed by atoms with E-state index in [0.29, 0.717) is 70.1 Å². The summed E-state index contributed by atoms with van der Waals surface area (Å²) in [6.07, 6.45) is -0.506. The third-order valence-corrected chi connectivity index (χ3v) is 12.8. The number of ether oxygens (including phenoxy) is 4. The Bertz CT molecular complexity index is 3150. The highest BCUT2D eigenvalue weighted by atomic mass is 16.5. The predicted molar refractivity (Wildman–Crippen MR) is 299 cm³/mol. The molecule has 0 fully saturated rings. The van der Waals surface area contributed by atoms with Crippen molar-refractivity contribution in [1.29, 1.82) is 0 Å². The molecule has 0 amide bonds. The molecule has 0 spiro atoms. The van der Waals surface area contributed by atoms with Gasteiger partial charge < -0.3 is 39.4 Å². The first-order chi connectivity index (χ1) is 36.4. The van der Waals surface area contributed by atoms with Gasteiger partial charge in [-0.05, 0) is 108 Å². The SMILES string of the molecule is CCC(C)COCC(O)COc1ccc(-c2nc(-c3ccc(C)cc3C)nc(-c3ccc(C)cc3C)n2)c(O)c1.COCC(O)COc1ccc(-c2nc(-c3ccc(C)cc3C)nc(-c3ccc(C)cc3C)n2)c(O)c1. The Morgan fingerprint density at radius 1 is 0.395 bits per heavy atom. The van der Waals surface area contributed by atoms with Gasteiger partial charge >= 0.3 is 0 Å². The minimum absolute atomic E-state index is 0.0237. The molecule has 3 unspecified atom stereocenters. The second-order valence-corrected chi connectivity index (χ2v) is 19.7. The van der Waals surface area contributed by atoms with Crippen LogP contribution in [0.5, 0.6) is 23.0 Å². The highest BCUT2D eigenvalue weighted by molar-refractivity contribution is 5.74. The number of phenolic OH excluding ortho intramolecular Hbond substituents is 2. The molecule has 8 rings (SSSR count). The molecular formula is C62H70N6O8. The normalized spacial score (nSPS) is 12.4. The summed E-state index contributed by atoms with van der Waals surface area (Å²) >= 11 is 0. The number of phenols is 2. The summed E-state index contributed by atoms with van der Waals surface area (Å²) < 4.78 is 21.8. The second-order valence-electron chi connectivity index (χ2n) is 19.7. The monoisotopic (exact) mass is 1030 g/mol. The quantitative estimate of drug-likeness (QED) is 0.0597. The number of methoxy groups -OCH3 is 1. The van der Waals surface area contributed by atoms with Crippen molar-refractivity contribution in [3.05, 3.63) is 154 Å². The number of aryl methyl sites for hydroxylation is 8. The third kappa shape index (κ3) is 14.6. The maximum absolute atomic E-state index is 11.0. The van der Waals surface area contributed by atoms with Crippen LogP contribution in [0.2, 0.25) is 0 Å². The molecule has 2 heterocycles. The zero-order chi connectivity index (χ0) is 54.6. The van der Waals surface area contributed by atoms with Crippen LogP contribution in [0.25, 0.3) is 68.3 Å². The molecule has 4 N–H and O–H groups in total. The Morgan fingerprint density at radius 3 is 0.987 bits per heavy atom. The first-order valence-electron chi connectivity index (χ1n) is 25.6. The van der Waals surface area contributed by atoms with Crippen molar-refractivity contribution >= 4 is 0 Å². The van der Waals surface area contributed by atoms with Crippen LogP contribution < -0.4 is 9.47 Å². The number of hydrogen-bond donors (Lipinski definition) is 4. The number of aromatic hydroxyl groups is 2. The van der Waals surface area contributed by atoms with Crippen molar-refractivity contribution in [2.45, 2.75) is 87.9 Å². The summed E-state index contributed by atoms with van der Waals surface area (Å²) in [5.41, 5.74) is 13.4. The number of aliphatic hydroxyl groups is 2. The number of aromatic nitrogens is 6. The first kappa shape index (κ1) is 56.1. The van der Waals surface area contributed by atoms with E-state index >= 15 is 0 Å². The summed E-state index contributed by atoms with van der Waals surface area (Å²) in [5, 5.41) is 41.9. The molecule has 0 radical (unpaired) electrons. The zero-order valence-corrected chi connectivity index (χ0v) is 45.5. The fourth-order valence-corrected chi connectivity index (χ4v) is 8.51. The lowest BCUT2D eigenvalue weighted by Gasteiger charge is -2.15. The predicted octanol–water partition coefficient (Wildman–Crippen LogP) is 11.8. The Kier molecular flexibility index (Phi) is 19.0. The van der Waals surface area contributed by atoms with E-state index in [9.17, 15) is 20.4 Å². The molecule has 0 aliphatic rings. The number of rotatable bonds is 19. The van der Waals surface area contributed by atoms with Gasteiger partial charge in [-0.15, -0.1) is 0 Å². The van der Waals surface area contributed by atoms with Crippen molar-refractivity contribution < 1.29 is 39.4 Å². The molecule has 0 aliphatic carbocycles. The number of nitrogens with zero attached hydrogens (tertiary/aromatic N) is 6. The summed E-state index contributed by atoms with van der Waals surface area (Å²) in [6.45, 7) is 21.6. The van der Waals surface area contributed by atoms with Crippen LogP contribution in [-0.2, 0) is 9.47 Å². The maximum atomic E-state index is 11.0. The molecular weight excluding hydrogens is 957 g/mol. The number of aliphatic hydroxyl groups excluding tert-OH is 2. The van der Waals surface area contributed by atoms with Crippen LogP contribution in [0.4, 0.5) is 0 Å². The molecule has 0 saturated heterocycles. The summed E-state index contributed by atoms with van der Waals surface area (Å²) in [4.78, 5) is 28.7. The summed E-state index contributed by atoms with van der Waals surface area (Å²) in [6, 6.07) is 34.5. The fourth-order valence-electron chi connectivity index (χ4n) is 8.51. The molecule has 76 heavy (non-hydrogen) atoms. The average molecular weight is 1030 g/mol. The van der Waals surface area contributed by atoms with E-state index in [0.717, 1.165) is 73.2 Å². The van der Waals surface area contributed by atoms with Gasteiger partial charge in [0.25, 0.3) is 0 Å². The Hall–Kier alpha value is -7.62. The van der Waals surface area contributed by atoms with E-state index in [1.54, 1.807) is 24.3 Å². The molecule has 0 saturated carbocycles. The van der Waals surface area contributed by atoms with Gasteiger partial charge in [0.05, 0.1) is 24.3 Å². The van der Waals surface area contributed by atoms with Gasteiger partial charge in [0, 0.05) is 48.1 Å². The van der Waals surface area contributed by atoms with Crippen LogP contribution in [0.1, 0.15) is 64.8 Å². The molecule has 14 nitrogen and oxygen atoms in total. The molecule has 3 atom stereocenters. The second kappa shape index (κ2) is 25.7. The molecule has 396 valence electrons. The minimum atomic E-state index is -0.768.